The van der Waals surface area contributed by atoms with Crippen LogP contribution in [0.5, 0.6) is 5.75 Å². The maximum atomic E-state index is 11.0. The first kappa shape index (κ1) is 13.8. The molecule has 0 saturated heterocycles. The van der Waals surface area contributed by atoms with Gasteiger partial charge in [-0.2, -0.15) is 0 Å². The number of rotatable bonds is 5. The van der Waals surface area contributed by atoms with Gasteiger partial charge in [0.2, 0.25) is 0 Å². The Hall–Kier alpha value is -2.29. The van der Waals surface area contributed by atoms with Gasteiger partial charge in [-0.1, -0.05) is 12.6 Å². The lowest BCUT2D eigenvalue weighted by atomic mass is 10.2. The molecule has 0 bridgehead atoms. The van der Waals surface area contributed by atoms with E-state index in [1.165, 1.54) is 6.92 Å². The highest BCUT2D eigenvalue weighted by Crippen LogP contribution is 2.18. The van der Waals surface area contributed by atoms with Gasteiger partial charge in [0.05, 0.1) is 0 Å². The highest BCUT2D eigenvalue weighted by atomic mass is 16.5. The predicted molar refractivity (Wildman–Crippen MR) is 74.2 cm³/mol. The van der Waals surface area contributed by atoms with Gasteiger partial charge in [-0.05, 0) is 44.2 Å². The zero-order chi connectivity index (χ0) is 13.5. The van der Waals surface area contributed by atoms with Gasteiger partial charge in [-0.3, -0.25) is 4.79 Å². The van der Waals surface area contributed by atoms with Gasteiger partial charge >= 0.3 is 0 Å². The lowest BCUT2D eigenvalue weighted by molar-refractivity contribution is -0.113. The molecule has 3 heteroatoms. The molecular formula is C15H17NO2. The molecule has 0 aromatic heterocycles. The van der Waals surface area contributed by atoms with Gasteiger partial charge in [-0.25, -0.2) is 0 Å². The number of nitrogen functional groups attached to an aromatic ring is 1. The highest BCUT2D eigenvalue weighted by Gasteiger charge is 1.99. The number of carbonyl (C=O) groups excluding carboxylic acids is 1. The van der Waals surface area contributed by atoms with Gasteiger partial charge in [-0.15, -0.1) is 0 Å². The molecule has 0 aliphatic heterocycles. The number of allylic oxidation sites excluding steroid dienone is 4. The van der Waals surface area contributed by atoms with Crippen molar-refractivity contribution in [2.24, 2.45) is 0 Å². The van der Waals surface area contributed by atoms with Gasteiger partial charge in [0.1, 0.15) is 11.5 Å². The quantitative estimate of drug-likeness (QED) is 0.374. The molecule has 1 aromatic rings. The molecule has 1 rings (SSSR count). The fourth-order valence-corrected chi connectivity index (χ4v) is 1.20. The normalized spacial score (nSPS) is 11.6. The Labute approximate surface area is 107 Å². The first-order chi connectivity index (χ1) is 8.52. The number of carbonyl (C=O) groups is 1. The third-order valence-corrected chi connectivity index (χ3v) is 2.28. The second-order valence-corrected chi connectivity index (χ2v) is 3.78. The smallest absolute Gasteiger partial charge is 0.159 e. The minimum absolute atomic E-state index is 0.0642. The molecule has 18 heavy (non-hydrogen) atoms. The summed E-state index contributed by atoms with van der Waals surface area (Å²) in [5.41, 5.74) is 6.74. The molecule has 0 atom stereocenters. The summed E-state index contributed by atoms with van der Waals surface area (Å²) in [7, 11) is 0. The monoisotopic (exact) mass is 243 g/mol. The minimum Gasteiger partial charge on any atom is -0.458 e. The average molecular weight is 243 g/mol. The minimum atomic E-state index is -0.0642. The molecule has 0 fully saturated rings. The van der Waals surface area contributed by atoms with E-state index >= 15 is 0 Å². The summed E-state index contributed by atoms with van der Waals surface area (Å²) in [4.78, 5) is 11.0. The molecule has 2 N–H and O–H groups in total. The Balaban J connectivity index is 2.75. The third-order valence-electron chi connectivity index (χ3n) is 2.28. The van der Waals surface area contributed by atoms with Crippen molar-refractivity contribution in [3.05, 3.63) is 60.4 Å². The van der Waals surface area contributed by atoms with Crippen molar-refractivity contribution < 1.29 is 9.53 Å². The van der Waals surface area contributed by atoms with Gasteiger partial charge in [0, 0.05) is 17.3 Å². The Morgan fingerprint density at radius 2 is 2.11 bits per heavy atom. The molecule has 3 nitrogen and oxygen atoms in total. The van der Waals surface area contributed by atoms with E-state index in [0.717, 1.165) is 0 Å². The van der Waals surface area contributed by atoms with Gasteiger partial charge in [0.25, 0.3) is 0 Å². The number of hydrogen-bond donors (Lipinski definition) is 1. The fraction of sp³-hybridized carbons (Fsp3) is 0.133. The van der Waals surface area contributed by atoms with Crippen LogP contribution in [0.1, 0.15) is 13.8 Å². The van der Waals surface area contributed by atoms with Gasteiger partial charge in [0.15, 0.2) is 5.78 Å². The third kappa shape index (κ3) is 4.29. The van der Waals surface area contributed by atoms with E-state index in [9.17, 15) is 4.79 Å². The van der Waals surface area contributed by atoms with Crippen molar-refractivity contribution in [2.45, 2.75) is 13.8 Å². The van der Waals surface area contributed by atoms with Crippen molar-refractivity contribution in [2.75, 3.05) is 5.73 Å². The molecular weight excluding hydrogens is 226 g/mol. The number of nitrogens with two attached hydrogens (primary N) is 1. The molecule has 0 spiro atoms. The number of ketones is 1. The van der Waals surface area contributed by atoms with Crippen molar-refractivity contribution >= 4 is 11.5 Å². The van der Waals surface area contributed by atoms with Crippen LogP contribution in [0.3, 0.4) is 0 Å². The van der Waals surface area contributed by atoms with Crippen molar-refractivity contribution in [3.8, 4) is 5.75 Å². The average Bonchev–Trinajstić information content (AvgIpc) is 2.33. The van der Waals surface area contributed by atoms with Gasteiger partial charge < -0.3 is 10.5 Å². The summed E-state index contributed by atoms with van der Waals surface area (Å²) >= 11 is 0. The van der Waals surface area contributed by atoms with Crippen LogP contribution in [-0.2, 0) is 4.79 Å². The van der Waals surface area contributed by atoms with Crippen LogP contribution in [0.2, 0.25) is 0 Å². The van der Waals surface area contributed by atoms with Crippen LogP contribution in [0.25, 0.3) is 0 Å². The van der Waals surface area contributed by atoms with E-state index in [1.54, 1.807) is 30.4 Å². The maximum absolute atomic E-state index is 11.0. The molecule has 0 aliphatic rings. The van der Waals surface area contributed by atoms with Crippen LogP contribution in [0.15, 0.2) is 60.4 Å². The topological polar surface area (TPSA) is 52.3 Å². The number of benzene rings is 1. The van der Waals surface area contributed by atoms with Crippen LogP contribution in [0.4, 0.5) is 5.69 Å². The van der Waals surface area contributed by atoms with E-state index in [2.05, 4.69) is 6.58 Å². The number of Topliss-reactive ketones (excluding diaryl/α,β-unsaturated/α-hetero) is 1. The van der Waals surface area contributed by atoms with E-state index in [4.69, 9.17) is 10.5 Å². The maximum Gasteiger partial charge on any atom is 0.159 e. The van der Waals surface area contributed by atoms with Crippen molar-refractivity contribution in [3.63, 3.8) is 0 Å². The molecule has 0 heterocycles. The number of anilines is 1. The summed E-state index contributed by atoms with van der Waals surface area (Å²) in [5, 5.41) is 0. The highest BCUT2D eigenvalue weighted by molar-refractivity contribution is 5.95. The van der Waals surface area contributed by atoms with E-state index in [-0.39, 0.29) is 5.78 Å². The van der Waals surface area contributed by atoms with E-state index < -0.39 is 0 Å². The fourth-order valence-electron chi connectivity index (χ4n) is 1.20. The number of hydrogen-bond acceptors (Lipinski definition) is 3. The predicted octanol–water partition coefficient (Wildman–Crippen LogP) is 3.25. The Morgan fingerprint density at radius 3 is 2.67 bits per heavy atom. The van der Waals surface area contributed by atoms with E-state index in [1.807, 2.05) is 19.1 Å². The number of ether oxygens (including phenoxy) is 1. The Kier molecular flexibility index (Phi) is 4.93. The lowest BCUT2D eigenvalue weighted by Crippen LogP contribution is -1.95. The molecule has 0 saturated carbocycles. The van der Waals surface area contributed by atoms with Crippen molar-refractivity contribution in [1.82, 2.24) is 0 Å². The molecule has 1 aromatic carbocycles. The summed E-state index contributed by atoms with van der Waals surface area (Å²) in [6.45, 7) is 6.97. The molecule has 0 radical (unpaired) electrons. The largest absolute Gasteiger partial charge is 0.458 e. The molecule has 0 unspecified atom stereocenters. The Morgan fingerprint density at radius 1 is 1.39 bits per heavy atom. The molecule has 0 aliphatic carbocycles. The SMILES string of the molecule is C=C(/C=C\C(=C/C)Oc1cccc(N)c1)C(C)=O. The Bertz CT molecular complexity index is 513. The van der Waals surface area contributed by atoms with Crippen LogP contribution in [0, 0.1) is 0 Å². The first-order valence-electron chi connectivity index (χ1n) is 5.60. The van der Waals surface area contributed by atoms with Crippen LogP contribution >= 0.6 is 0 Å². The summed E-state index contributed by atoms with van der Waals surface area (Å²) in [6, 6.07) is 7.15. The zero-order valence-electron chi connectivity index (χ0n) is 10.6. The van der Waals surface area contributed by atoms with Crippen molar-refractivity contribution in [1.29, 1.82) is 0 Å². The van der Waals surface area contributed by atoms with Crippen LogP contribution in [-0.4, -0.2) is 5.78 Å². The first-order valence-corrected chi connectivity index (χ1v) is 5.60. The zero-order valence-corrected chi connectivity index (χ0v) is 10.6. The second-order valence-electron chi connectivity index (χ2n) is 3.78. The molecule has 0 amide bonds. The van der Waals surface area contributed by atoms with E-state index in [0.29, 0.717) is 22.8 Å². The lowest BCUT2D eigenvalue weighted by Gasteiger charge is -2.06. The summed E-state index contributed by atoms with van der Waals surface area (Å²) < 4.78 is 5.62. The second kappa shape index (κ2) is 6.45. The standard InChI is InChI=1S/C15H17NO2/c1-4-14(9-8-11(2)12(3)17)18-15-7-5-6-13(16)10-15/h4-10H,2,16H2,1,3H3/b9-8-,14-4+. The van der Waals surface area contributed by atoms with Crippen LogP contribution < -0.4 is 10.5 Å². The summed E-state index contributed by atoms with van der Waals surface area (Å²) in [5.74, 6) is 1.22. The summed E-state index contributed by atoms with van der Waals surface area (Å²) in [6.07, 6.45) is 5.13. The molecule has 94 valence electrons.